The van der Waals surface area contributed by atoms with Gasteiger partial charge in [-0.3, -0.25) is 0 Å². The van der Waals surface area contributed by atoms with Crippen molar-refractivity contribution in [2.24, 2.45) is 5.73 Å². The zero-order chi connectivity index (χ0) is 31.6. The molecule has 0 saturated heterocycles. The van der Waals surface area contributed by atoms with Crippen LogP contribution < -0.4 is 16.8 Å². The normalized spacial score (nSPS) is 10.1. The summed E-state index contributed by atoms with van der Waals surface area (Å²) in [6.07, 6.45) is 19.8. The van der Waals surface area contributed by atoms with Crippen LogP contribution in [0.4, 0.5) is 5.69 Å². The number of H-pyrrole nitrogens is 1. The van der Waals surface area contributed by atoms with Gasteiger partial charge in [-0.2, -0.15) is 0 Å². The molecule has 220 valence electrons. The summed E-state index contributed by atoms with van der Waals surface area (Å²) in [7, 11) is 0. The molecule has 5 heteroatoms. The number of aromatic amines is 1. The van der Waals surface area contributed by atoms with E-state index in [4.69, 9.17) is 16.2 Å². The summed E-state index contributed by atoms with van der Waals surface area (Å²) in [6.45, 7) is 25.1. The van der Waals surface area contributed by atoms with Gasteiger partial charge in [0.05, 0.1) is 5.70 Å². The van der Waals surface area contributed by atoms with Crippen LogP contribution >= 0.6 is 0 Å². The Kier molecular flexibility index (Phi) is 23.0. The minimum Gasteiger partial charge on any atom is -0.399 e. The third-order valence-corrected chi connectivity index (χ3v) is 4.92. The zero-order valence-corrected chi connectivity index (χ0v) is 25.9. The Bertz CT molecular complexity index is 1220. The number of nitrogens with one attached hydrogen (secondary N) is 2. The summed E-state index contributed by atoms with van der Waals surface area (Å²) in [5.74, 6) is 5.57. The third kappa shape index (κ3) is 18.4. The van der Waals surface area contributed by atoms with Crippen LogP contribution in [0.25, 0.3) is 22.9 Å². The molecular weight excluding hydrogens is 504 g/mol. The molecule has 2 rings (SSSR count). The Morgan fingerprint density at radius 3 is 2.07 bits per heavy atom. The van der Waals surface area contributed by atoms with Crippen LogP contribution in [0.15, 0.2) is 91.5 Å². The van der Waals surface area contributed by atoms with Crippen LogP contribution in [-0.4, -0.2) is 18.2 Å². The predicted molar refractivity (Wildman–Crippen MR) is 183 cm³/mol. The van der Waals surface area contributed by atoms with Gasteiger partial charge in [0.25, 0.3) is 0 Å². The van der Waals surface area contributed by atoms with Gasteiger partial charge in [0.15, 0.2) is 0 Å². The van der Waals surface area contributed by atoms with Gasteiger partial charge in [-0.1, -0.05) is 63.8 Å². The molecule has 6 N–H and O–H groups in total. The Balaban J connectivity index is 0. The van der Waals surface area contributed by atoms with Gasteiger partial charge in [0, 0.05) is 47.2 Å². The molecule has 1 heterocycles. The molecule has 0 saturated carbocycles. The molecule has 0 aliphatic carbocycles. The number of benzene rings is 1. The van der Waals surface area contributed by atoms with Crippen molar-refractivity contribution in [1.82, 2.24) is 10.3 Å². The fourth-order valence-electron chi connectivity index (χ4n) is 3.09. The number of nitrogens with two attached hydrogens (primary N) is 2. The van der Waals surface area contributed by atoms with Crippen molar-refractivity contribution in [2.45, 2.75) is 54.4 Å². The maximum Gasteiger partial charge on any atom is 0.0824 e. The lowest BCUT2D eigenvalue weighted by atomic mass is 10.1. The van der Waals surface area contributed by atoms with Gasteiger partial charge >= 0.3 is 0 Å². The first-order valence-corrected chi connectivity index (χ1v) is 13.6. The number of hydrogen-bond acceptors (Lipinski definition) is 4. The molecule has 0 spiro atoms. The van der Waals surface area contributed by atoms with Gasteiger partial charge in [0.1, 0.15) is 0 Å². The molecule has 0 aliphatic rings. The van der Waals surface area contributed by atoms with Crippen molar-refractivity contribution in [3.05, 3.63) is 103 Å². The molecule has 2 aromatic rings. The van der Waals surface area contributed by atoms with E-state index in [1.807, 2.05) is 63.3 Å². The second-order valence-corrected chi connectivity index (χ2v) is 8.66. The highest BCUT2D eigenvalue weighted by Crippen LogP contribution is 2.27. The van der Waals surface area contributed by atoms with E-state index in [0.717, 1.165) is 65.5 Å². The zero-order valence-electron chi connectivity index (χ0n) is 25.9. The first kappa shape index (κ1) is 38.6. The number of terminal acetylenes is 1. The average Bonchev–Trinajstić information content (AvgIpc) is 3.38. The highest BCUT2D eigenvalue weighted by molar-refractivity contribution is 5.76. The van der Waals surface area contributed by atoms with Gasteiger partial charge in [-0.15, -0.1) is 12.8 Å². The summed E-state index contributed by atoms with van der Waals surface area (Å²) < 4.78 is 5.13. The molecule has 0 aliphatic heterocycles. The van der Waals surface area contributed by atoms with Crippen LogP contribution in [0.1, 0.15) is 65.6 Å². The summed E-state index contributed by atoms with van der Waals surface area (Å²) in [5, 5.41) is 3.03. The van der Waals surface area contributed by atoms with E-state index in [2.05, 4.69) is 80.7 Å². The van der Waals surface area contributed by atoms with Crippen molar-refractivity contribution in [1.29, 1.82) is 0 Å². The van der Waals surface area contributed by atoms with E-state index in [-0.39, 0.29) is 0 Å². The van der Waals surface area contributed by atoms with Gasteiger partial charge in [-0.05, 0) is 94.0 Å². The first-order valence-electron chi connectivity index (χ1n) is 13.6. The molecule has 0 amide bonds. The van der Waals surface area contributed by atoms with Gasteiger partial charge in [-0.25, -0.2) is 0 Å². The van der Waals surface area contributed by atoms with Crippen molar-refractivity contribution in [3.8, 4) is 35.9 Å². The Morgan fingerprint density at radius 2 is 1.63 bits per heavy atom. The summed E-state index contributed by atoms with van der Waals surface area (Å²) in [4.78, 5) is 3.41. The SMILES string of the molecule is C#C.C=C(C)c1cc(-c2ccc(N)cc2)[nH]c1/C=C\C.C=C(N)/C=C\C(=C/C)NC(=C)C#CC.CCCOCCC. The largest absolute Gasteiger partial charge is 0.399 e. The molecule has 0 atom stereocenters. The highest BCUT2D eigenvalue weighted by Gasteiger charge is 2.08. The molecule has 1 aromatic heterocycles. The van der Waals surface area contributed by atoms with E-state index in [1.54, 1.807) is 13.0 Å². The van der Waals surface area contributed by atoms with Crippen LogP contribution in [-0.2, 0) is 4.74 Å². The standard InChI is InChI=1S/C16H18N2.C12H16N2.C6H14O.C2H2/c1-4-5-15-14(11(2)3)10-16(18-15)12-6-8-13(17)9-7-12;1-5-7-11(4)14-12(6-2)9-8-10(3)13;1-3-5-7-6-4-2;1-2/h4-10,18H,2,17H2,1,3H3;6,8-9,14H,3-4,13H2,1-2H3;3-6H2,1-2H3;1-2H/b5-4-;9-8-,12-6+;;. The molecule has 0 bridgehead atoms. The minimum absolute atomic E-state index is 0.512. The number of ether oxygens (including phenoxy) is 1. The number of hydrogen-bond donors (Lipinski definition) is 4. The maximum atomic E-state index is 5.70. The Morgan fingerprint density at radius 1 is 1.05 bits per heavy atom. The highest BCUT2D eigenvalue weighted by atomic mass is 16.5. The van der Waals surface area contributed by atoms with Crippen LogP contribution in [0.2, 0.25) is 0 Å². The number of rotatable bonds is 11. The molecule has 0 fully saturated rings. The summed E-state index contributed by atoms with van der Waals surface area (Å²) in [6, 6.07) is 9.98. The quantitative estimate of drug-likeness (QED) is 0.0971. The van der Waals surface area contributed by atoms with E-state index in [0.29, 0.717) is 11.4 Å². The molecular formula is C36H50N4O. The lowest BCUT2D eigenvalue weighted by Crippen LogP contribution is -2.08. The topological polar surface area (TPSA) is 89.1 Å². The lowest BCUT2D eigenvalue weighted by Gasteiger charge is -2.04. The number of allylic oxidation sites excluding steroid dienone is 6. The predicted octanol–water partition coefficient (Wildman–Crippen LogP) is 8.45. The Labute approximate surface area is 249 Å². The lowest BCUT2D eigenvalue weighted by molar-refractivity contribution is 0.135. The smallest absolute Gasteiger partial charge is 0.0824 e. The number of anilines is 1. The fraction of sp³-hybridized carbons (Fsp3) is 0.278. The number of nitrogen functional groups attached to an aromatic ring is 1. The summed E-state index contributed by atoms with van der Waals surface area (Å²) in [5.41, 5.74) is 19.5. The van der Waals surface area contributed by atoms with Gasteiger partial charge < -0.3 is 26.5 Å². The number of aromatic nitrogens is 1. The molecule has 1 aromatic carbocycles. The molecule has 0 radical (unpaired) electrons. The second-order valence-electron chi connectivity index (χ2n) is 8.66. The second kappa shape index (κ2) is 24.5. The summed E-state index contributed by atoms with van der Waals surface area (Å²) >= 11 is 0. The Hall–Kier alpha value is -4.58. The van der Waals surface area contributed by atoms with Crippen LogP contribution in [0, 0.1) is 24.7 Å². The van der Waals surface area contributed by atoms with E-state index in [1.165, 1.54) is 0 Å². The maximum absolute atomic E-state index is 5.70. The van der Waals surface area contributed by atoms with E-state index in [9.17, 15) is 0 Å². The van der Waals surface area contributed by atoms with Crippen LogP contribution in [0.5, 0.6) is 0 Å². The van der Waals surface area contributed by atoms with E-state index < -0.39 is 0 Å². The first-order chi connectivity index (χ1) is 19.6. The van der Waals surface area contributed by atoms with Crippen molar-refractivity contribution < 1.29 is 4.74 Å². The van der Waals surface area contributed by atoms with Gasteiger partial charge in [0.2, 0.25) is 0 Å². The van der Waals surface area contributed by atoms with Crippen molar-refractivity contribution in [2.75, 3.05) is 18.9 Å². The average molecular weight is 555 g/mol. The van der Waals surface area contributed by atoms with Crippen molar-refractivity contribution >= 4 is 17.3 Å². The molecule has 41 heavy (non-hydrogen) atoms. The fourth-order valence-corrected chi connectivity index (χ4v) is 3.09. The molecule has 5 nitrogen and oxygen atoms in total. The van der Waals surface area contributed by atoms with Crippen LogP contribution in [0.3, 0.4) is 0 Å². The minimum atomic E-state index is 0.512. The monoisotopic (exact) mass is 554 g/mol. The van der Waals surface area contributed by atoms with Crippen molar-refractivity contribution in [3.63, 3.8) is 0 Å². The van der Waals surface area contributed by atoms with E-state index >= 15 is 0 Å². The molecule has 0 unspecified atom stereocenters. The third-order valence-electron chi connectivity index (χ3n) is 4.92.